The second-order valence-corrected chi connectivity index (χ2v) is 8.36. The summed E-state index contributed by atoms with van der Waals surface area (Å²) in [7, 11) is 0. The van der Waals surface area contributed by atoms with Crippen LogP contribution in [0.3, 0.4) is 0 Å². The van der Waals surface area contributed by atoms with Crippen molar-refractivity contribution in [1.29, 1.82) is 0 Å². The first-order chi connectivity index (χ1) is 18.0. The van der Waals surface area contributed by atoms with Crippen LogP contribution in [0, 0.1) is 20.2 Å². The van der Waals surface area contributed by atoms with Crippen LogP contribution in [-0.4, -0.2) is 9.85 Å². The molecule has 2 aromatic carbocycles. The molecule has 4 rings (SSSR count). The third-order valence-corrected chi connectivity index (χ3v) is 5.85. The first-order valence-corrected chi connectivity index (χ1v) is 11.8. The van der Waals surface area contributed by atoms with E-state index in [2.05, 4.69) is 9.13 Å². The average Bonchev–Trinajstić information content (AvgIpc) is 2.92. The number of pyridine rings is 2. The molecule has 8 nitrogen and oxygen atoms in total. The molecule has 0 aliphatic rings. The van der Waals surface area contributed by atoms with Gasteiger partial charge in [-0.2, -0.15) is 9.13 Å². The van der Waals surface area contributed by atoms with Gasteiger partial charge in [-0.3, -0.25) is 20.2 Å². The highest BCUT2D eigenvalue weighted by atomic mass is 16.6. The molecule has 8 heteroatoms. The molecule has 2 aromatic heterocycles. The summed E-state index contributed by atoms with van der Waals surface area (Å²) in [5.41, 5.74) is 4.02. The van der Waals surface area contributed by atoms with Crippen molar-refractivity contribution in [1.82, 2.24) is 0 Å². The van der Waals surface area contributed by atoms with Gasteiger partial charge in [0, 0.05) is 60.7 Å². The molecule has 0 amide bonds. The monoisotopic (exact) mass is 494 g/mol. The molecule has 0 saturated carbocycles. The van der Waals surface area contributed by atoms with Gasteiger partial charge in [-0.05, 0) is 59.7 Å². The summed E-state index contributed by atoms with van der Waals surface area (Å²) in [6, 6.07) is 25.0. The average molecular weight is 495 g/mol. The van der Waals surface area contributed by atoms with Crippen molar-refractivity contribution < 1.29 is 19.0 Å². The van der Waals surface area contributed by atoms with Gasteiger partial charge in [0.1, 0.15) is 0 Å². The molecule has 0 N–H and O–H groups in total. The Morgan fingerprint density at radius 2 is 0.973 bits per heavy atom. The number of nitro groups is 2. The SMILES string of the molecule is O=[N+]([O-])c1ccc(/C=C/c2cccc[n+]2CCC[n+]2ccccc2/C=C/c2ccc([N+](=O)[O-])cc2)cc1. The molecule has 0 bridgehead atoms. The van der Waals surface area contributed by atoms with Crippen LogP contribution in [-0.2, 0) is 13.1 Å². The number of nitrogens with zero attached hydrogens (tertiary/aromatic N) is 4. The smallest absolute Gasteiger partial charge is 0.258 e. The molecular weight excluding hydrogens is 468 g/mol. The summed E-state index contributed by atoms with van der Waals surface area (Å²) >= 11 is 0. The Bertz CT molecular complexity index is 1330. The summed E-state index contributed by atoms with van der Waals surface area (Å²) in [6.45, 7) is 1.63. The largest absolute Gasteiger partial charge is 0.269 e. The Kier molecular flexibility index (Phi) is 8.23. The van der Waals surface area contributed by atoms with Crippen LogP contribution in [0.25, 0.3) is 24.3 Å². The van der Waals surface area contributed by atoms with E-state index in [-0.39, 0.29) is 11.4 Å². The van der Waals surface area contributed by atoms with Crippen molar-refractivity contribution in [2.45, 2.75) is 19.5 Å². The molecule has 0 unspecified atom stereocenters. The van der Waals surface area contributed by atoms with Crippen molar-refractivity contribution in [3.05, 3.63) is 140 Å². The number of aromatic nitrogens is 2. The second kappa shape index (κ2) is 12.1. The Morgan fingerprint density at radius 3 is 1.35 bits per heavy atom. The molecule has 0 radical (unpaired) electrons. The number of nitro benzene ring substituents is 2. The number of non-ortho nitro benzene ring substituents is 2. The molecule has 0 aliphatic carbocycles. The van der Waals surface area contributed by atoms with Crippen molar-refractivity contribution in [3.8, 4) is 0 Å². The quantitative estimate of drug-likeness (QED) is 0.165. The molecule has 0 spiro atoms. The number of hydrogen-bond donors (Lipinski definition) is 0. The van der Waals surface area contributed by atoms with Crippen molar-refractivity contribution in [2.24, 2.45) is 0 Å². The highest BCUT2D eigenvalue weighted by molar-refractivity contribution is 5.68. The fraction of sp³-hybridized carbons (Fsp3) is 0.103. The fourth-order valence-electron chi connectivity index (χ4n) is 3.88. The summed E-state index contributed by atoms with van der Waals surface area (Å²) in [5, 5.41) is 21.7. The van der Waals surface area contributed by atoms with Crippen molar-refractivity contribution in [3.63, 3.8) is 0 Å². The molecule has 0 aliphatic heterocycles. The number of rotatable bonds is 10. The highest BCUT2D eigenvalue weighted by Gasteiger charge is 2.11. The highest BCUT2D eigenvalue weighted by Crippen LogP contribution is 2.15. The van der Waals surface area contributed by atoms with Crippen LogP contribution >= 0.6 is 0 Å². The van der Waals surface area contributed by atoms with E-state index < -0.39 is 9.85 Å². The molecular formula is C29H26N4O4+2. The molecule has 0 atom stereocenters. The lowest BCUT2D eigenvalue weighted by atomic mass is 10.1. The predicted octanol–water partition coefficient (Wildman–Crippen LogP) is 5.51. The van der Waals surface area contributed by atoms with Gasteiger partial charge in [0.2, 0.25) is 11.4 Å². The van der Waals surface area contributed by atoms with Crippen molar-refractivity contribution >= 4 is 35.7 Å². The summed E-state index contributed by atoms with van der Waals surface area (Å²) in [4.78, 5) is 20.9. The maximum Gasteiger partial charge on any atom is 0.269 e. The Morgan fingerprint density at radius 1 is 0.568 bits per heavy atom. The minimum atomic E-state index is -0.402. The van der Waals surface area contributed by atoms with Gasteiger partial charge in [0.15, 0.2) is 25.5 Å². The molecule has 184 valence electrons. The topological polar surface area (TPSA) is 94.0 Å². The first kappa shape index (κ1) is 25.1. The lowest BCUT2D eigenvalue weighted by molar-refractivity contribution is -0.728. The summed E-state index contributed by atoms with van der Waals surface area (Å²) in [5.74, 6) is 0. The van der Waals surface area contributed by atoms with Gasteiger partial charge < -0.3 is 0 Å². The van der Waals surface area contributed by atoms with Crippen LogP contribution in [0.4, 0.5) is 11.4 Å². The third kappa shape index (κ3) is 7.02. The van der Waals surface area contributed by atoms with Crippen LogP contribution in [0.2, 0.25) is 0 Å². The predicted molar refractivity (Wildman–Crippen MR) is 142 cm³/mol. The second-order valence-electron chi connectivity index (χ2n) is 8.36. The van der Waals surface area contributed by atoms with E-state index in [0.717, 1.165) is 42.0 Å². The molecule has 37 heavy (non-hydrogen) atoms. The van der Waals surface area contributed by atoms with Crippen LogP contribution < -0.4 is 9.13 Å². The zero-order valence-electron chi connectivity index (χ0n) is 20.1. The zero-order valence-corrected chi connectivity index (χ0v) is 20.1. The van der Waals surface area contributed by atoms with Gasteiger partial charge in [-0.25, -0.2) is 0 Å². The van der Waals surface area contributed by atoms with E-state index in [9.17, 15) is 20.2 Å². The normalized spacial score (nSPS) is 11.2. The van der Waals surface area contributed by atoms with Crippen molar-refractivity contribution in [2.75, 3.05) is 0 Å². The van der Waals surface area contributed by atoms with E-state index >= 15 is 0 Å². The third-order valence-electron chi connectivity index (χ3n) is 5.85. The van der Waals surface area contributed by atoms with Gasteiger partial charge in [0.05, 0.1) is 16.3 Å². The summed E-state index contributed by atoms with van der Waals surface area (Å²) < 4.78 is 4.36. The molecule has 0 saturated heterocycles. The van der Waals surface area contributed by atoms with Gasteiger partial charge in [0.25, 0.3) is 11.4 Å². The molecule has 2 heterocycles. The van der Waals surface area contributed by atoms with Crippen LogP contribution in [0.15, 0.2) is 97.3 Å². The maximum absolute atomic E-state index is 10.9. The van der Waals surface area contributed by atoms with E-state index in [1.807, 2.05) is 73.1 Å². The minimum absolute atomic E-state index is 0.0762. The lowest BCUT2D eigenvalue weighted by Crippen LogP contribution is -2.41. The van der Waals surface area contributed by atoms with E-state index in [4.69, 9.17) is 0 Å². The first-order valence-electron chi connectivity index (χ1n) is 11.8. The Labute approximate surface area is 214 Å². The van der Waals surface area contributed by atoms with Crippen LogP contribution in [0.1, 0.15) is 28.9 Å². The van der Waals surface area contributed by atoms with E-state index in [1.165, 1.54) is 24.3 Å². The van der Waals surface area contributed by atoms with E-state index in [0.29, 0.717) is 0 Å². The Balaban J connectivity index is 1.40. The number of aryl methyl sites for hydroxylation is 2. The maximum atomic E-state index is 10.9. The number of benzene rings is 2. The van der Waals surface area contributed by atoms with Gasteiger partial charge >= 0.3 is 0 Å². The van der Waals surface area contributed by atoms with Gasteiger partial charge in [-0.1, -0.05) is 0 Å². The van der Waals surface area contributed by atoms with E-state index in [1.54, 1.807) is 24.3 Å². The van der Waals surface area contributed by atoms with Crippen LogP contribution in [0.5, 0.6) is 0 Å². The molecule has 0 fully saturated rings. The standard InChI is InChI=1S/C29H26N4O4/c34-32(35)28-16-10-24(11-17-28)8-14-26-6-1-3-20-30(26)22-5-23-31-21-4-2-7-27(31)15-9-25-12-18-29(19-13-25)33(36)37/h1-4,6-21H,5,22-23H2/q+2/b14-8+,15-9+. The zero-order chi connectivity index (χ0) is 26.0. The lowest BCUT2D eigenvalue weighted by Gasteiger charge is -2.02. The molecule has 4 aromatic rings. The summed E-state index contributed by atoms with van der Waals surface area (Å²) in [6.07, 6.45) is 12.9. The fourth-order valence-corrected chi connectivity index (χ4v) is 3.88. The van der Waals surface area contributed by atoms with Gasteiger partial charge in [-0.15, -0.1) is 0 Å². The minimum Gasteiger partial charge on any atom is -0.258 e. The number of hydrogen-bond acceptors (Lipinski definition) is 4. The Hall–Kier alpha value is -4.98.